The van der Waals surface area contributed by atoms with E-state index < -0.39 is 0 Å². The lowest BCUT2D eigenvalue weighted by molar-refractivity contribution is 0.101. The van der Waals surface area contributed by atoms with Crippen LogP contribution >= 0.6 is 0 Å². The van der Waals surface area contributed by atoms with Crippen molar-refractivity contribution in [2.24, 2.45) is 0 Å². The van der Waals surface area contributed by atoms with Gasteiger partial charge in [-0.3, -0.25) is 4.79 Å². The summed E-state index contributed by atoms with van der Waals surface area (Å²) in [5.74, 6) is 0.300. The van der Waals surface area contributed by atoms with Crippen LogP contribution in [0.15, 0.2) is 18.2 Å². The number of Topliss-reactive ketones (excluding diaryl/α,β-unsaturated/α-hetero) is 1. The predicted octanol–water partition coefficient (Wildman–Crippen LogP) is 5.53. The first-order chi connectivity index (χ1) is 13.2. The zero-order valence-corrected chi connectivity index (χ0v) is 16.6. The molecule has 0 aliphatic heterocycles. The van der Waals surface area contributed by atoms with Crippen molar-refractivity contribution in [2.75, 3.05) is 0 Å². The molecule has 140 valence electrons. The summed E-state index contributed by atoms with van der Waals surface area (Å²) in [5, 5.41) is 0. The molecule has 27 heavy (non-hydrogen) atoms. The second-order valence-electron chi connectivity index (χ2n) is 8.89. The third-order valence-electron chi connectivity index (χ3n) is 7.13. The number of carbonyl (C=O) groups excluding carboxylic acids is 1. The van der Waals surface area contributed by atoms with Crippen molar-refractivity contribution in [1.82, 2.24) is 0 Å². The Morgan fingerprint density at radius 2 is 0.889 bits per heavy atom. The predicted molar refractivity (Wildman–Crippen MR) is 111 cm³/mol. The van der Waals surface area contributed by atoms with Crippen LogP contribution in [0.5, 0.6) is 0 Å². The first-order valence-corrected chi connectivity index (χ1v) is 11.0. The van der Waals surface area contributed by atoms with Crippen molar-refractivity contribution in [3.8, 4) is 0 Å². The van der Waals surface area contributed by atoms with Gasteiger partial charge in [-0.1, -0.05) is 18.2 Å². The molecule has 4 rings (SSSR count). The highest BCUT2D eigenvalue weighted by molar-refractivity contribution is 5.98. The molecule has 1 nitrogen and oxygen atoms in total. The van der Waals surface area contributed by atoms with E-state index >= 15 is 0 Å². The molecular weight excluding hydrogens is 328 g/mol. The van der Waals surface area contributed by atoms with Crippen LogP contribution < -0.4 is 0 Å². The molecule has 0 radical (unpaired) electrons. The van der Waals surface area contributed by atoms with E-state index in [9.17, 15) is 4.79 Å². The summed E-state index contributed by atoms with van der Waals surface area (Å²) in [7, 11) is 0. The maximum Gasteiger partial charge on any atom is 0.160 e. The number of hydrogen-bond acceptors (Lipinski definition) is 1. The van der Waals surface area contributed by atoms with Gasteiger partial charge in [0, 0.05) is 5.56 Å². The first kappa shape index (κ1) is 17.2. The smallest absolute Gasteiger partial charge is 0.160 e. The summed E-state index contributed by atoms with van der Waals surface area (Å²) in [4.78, 5) is 12.8. The molecule has 0 aromatic heterocycles. The van der Waals surface area contributed by atoms with Crippen LogP contribution in [-0.2, 0) is 51.4 Å². The zero-order chi connectivity index (χ0) is 18.4. The molecule has 0 saturated carbocycles. The van der Waals surface area contributed by atoms with E-state index in [1.807, 2.05) is 0 Å². The molecule has 0 N–H and O–H groups in total. The number of carbonyl (C=O) groups is 1. The highest BCUT2D eigenvalue weighted by Gasteiger charge is 2.23. The average molecular weight is 359 g/mol. The van der Waals surface area contributed by atoms with E-state index in [0.717, 1.165) is 56.9 Å². The molecule has 0 unspecified atom stereocenters. The first-order valence-electron chi connectivity index (χ1n) is 11.0. The topological polar surface area (TPSA) is 17.1 Å². The summed E-state index contributed by atoms with van der Waals surface area (Å²) in [6.45, 7) is 1.80. The lowest BCUT2D eigenvalue weighted by Crippen LogP contribution is -2.16. The van der Waals surface area contributed by atoms with Crippen LogP contribution in [0, 0.1) is 0 Å². The van der Waals surface area contributed by atoms with Crippen LogP contribution in [0.2, 0.25) is 0 Å². The Labute approximate surface area is 163 Å². The average Bonchev–Trinajstić information content (AvgIpc) is 2.65. The number of ketones is 1. The second kappa shape index (κ2) is 6.93. The molecule has 0 spiro atoms. The van der Waals surface area contributed by atoms with Crippen molar-refractivity contribution >= 4 is 5.78 Å². The molecule has 0 saturated heterocycles. The SMILES string of the molecule is CC(=O)c1c2c3cc4c1CCCc1cc(c(cc1CCC4)CCC3)CCC2. The Kier molecular flexibility index (Phi) is 4.42. The van der Waals surface area contributed by atoms with Crippen LogP contribution in [0.3, 0.4) is 0 Å². The lowest BCUT2D eigenvalue weighted by Gasteiger charge is -2.26. The molecule has 0 fully saturated rings. The summed E-state index contributed by atoms with van der Waals surface area (Å²) >= 11 is 0. The highest BCUT2D eigenvalue weighted by Crippen LogP contribution is 2.34. The molecule has 2 aromatic carbocycles. The number of rotatable bonds is 1. The van der Waals surface area contributed by atoms with E-state index in [4.69, 9.17) is 0 Å². The van der Waals surface area contributed by atoms with Crippen LogP contribution in [0.4, 0.5) is 0 Å². The minimum absolute atomic E-state index is 0.300. The third-order valence-corrected chi connectivity index (χ3v) is 7.13. The fourth-order valence-electron chi connectivity index (χ4n) is 5.90. The minimum Gasteiger partial charge on any atom is -0.294 e. The maximum absolute atomic E-state index is 12.8. The molecule has 0 heterocycles. The van der Waals surface area contributed by atoms with E-state index in [1.165, 1.54) is 47.9 Å². The van der Waals surface area contributed by atoms with E-state index in [0.29, 0.717) is 5.78 Å². The highest BCUT2D eigenvalue weighted by atomic mass is 16.1. The van der Waals surface area contributed by atoms with Gasteiger partial charge in [0.25, 0.3) is 0 Å². The van der Waals surface area contributed by atoms with E-state index in [2.05, 4.69) is 18.2 Å². The Bertz CT molecular complexity index is 857. The molecule has 0 atom stereocenters. The fourth-order valence-corrected chi connectivity index (χ4v) is 5.90. The summed E-state index contributed by atoms with van der Waals surface area (Å²) < 4.78 is 0. The second-order valence-corrected chi connectivity index (χ2v) is 8.89. The molecule has 0 bridgehead atoms. The normalized spacial score (nSPS) is 18.4. The summed E-state index contributed by atoms with van der Waals surface area (Å²) in [5.41, 5.74) is 13.3. The van der Waals surface area contributed by atoms with Gasteiger partial charge in [0.15, 0.2) is 5.78 Å². The Morgan fingerprint density at radius 3 is 1.30 bits per heavy atom. The van der Waals surface area contributed by atoms with Gasteiger partial charge in [-0.05, 0) is 128 Å². The molecule has 2 aliphatic rings. The van der Waals surface area contributed by atoms with Gasteiger partial charge >= 0.3 is 0 Å². The molecule has 2 aromatic rings. The summed E-state index contributed by atoms with van der Waals surface area (Å²) in [6, 6.07) is 7.66. The monoisotopic (exact) mass is 358 g/mol. The molecule has 0 amide bonds. The van der Waals surface area contributed by atoms with Gasteiger partial charge in [-0.15, -0.1) is 0 Å². The van der Waals surface area contributed by atoms with Crippen molar-refractivity contribution in [2.45, 2.75) is 84.0 Å². The van der Waals surface area contributed by atoms with Gasteiger partial charge in [0.1, 0.15) is 0 Å². The zero-order valence-electron chi connectivity index (χ0n) is 16.6. The Balaban J connectivity index is 1.79. The number of aryl methyl sites for hydroxylation is 6. The van der Waals surface area contributed by atoms with Crippen molar-refractivity contribution in [3.63, 3.8) is 0 Å². The van der Waals surface area contributed by atoms with Gasteiger partial charge < -0.3 is 0 Å². The van der Waals surface area contributed by atoms with E-state index in [1.54, 1.807) is 29.2 Å². The van der Waals surface area contributed by atoms with Crippen molar-refractivity contribution in [1.29, 1.82) is 0 Å². The Hall–Kier alpha value is -1.89. The quantitative estimate of drug-likeness (QED) is 0.613. The number of hydrogen-bond donors (Lipinski definition) is 0. The maximum atomic E-state index is 12.8. The van der Waals surface area contributed by atoms with E-state index in [-0.39, 0.29) is 0 Å². The van der Waals surface area contributed by atoms with Crippen molar-refractivity contribution in [3.05, 3.63) is 68.3 Å². The fraction of sp³-hybridized carbons (Fsp3) is 0.500. The molecule has 1 heteroatoms. The van der Waals surface area contributed by atoms with Gasteiger partial charge in [0.2, 0.25) is 0 Å². The standard InChI is InChI=1S/C26H30O/c1-17(27)26-24-12-4-8-20-15-21-9-5-13-25(26)23-11-3-7-19(21)14-18(20)6-2-10-22(24)16-23/h14-16H,2-13H2,1H3. The number of fused-ring (bicyclic) bond motifs is 4. The number of benzene rings is 2. The van der Waals surface area contributed by atoms with Crippen molar-refractivity contribution < 1.29 is 4.79 Å². The largest absolute Gasteiger partial charge is 0.294 e. The van der Waals surface area contributed by atoms with Gasteiger partial charge in [-0.25, -0.2) is 0 Å². The van der Waals surface area contributed by atoms with Gasteiger partial charge in [-0.2, -0.15) is 0 Å². The van der Waals surface area contributed by atoms with Crippen LogP contribution in [0.1, 0.15) is 87.5 Å². The Morgan fingerprint density at radius 1 is 0.556 bits per heavy atom. The molecule has 2 aliphatic carbocycles. The third kappa shape index (κ3) is 3.06. The lowest BCUT2D eigenvalue weighted by atomic mass is 9.78. The van der Waals surface area contributed by atoms with Crippen LogP contribution in [-0.4, -0.2) is 5.78 Å². The van der Waals surface area contributed by atoms with Gasteiger partial charge in [0.05, 0.1) is 0 Å². The summed E-state index contributed by atoms with van der Waals surface area (Å²) in [6.07, 6.45) is 13.8. The minimum atomic E-state index is 0.300. The molecular formula is C26H30O. The van der Waals surface area contributed by atoms with Crippen LogP contribution in [0.25, 0.3) is 0 Å².